The number of alkyl halides is 3. The highest BCUT2D eigenvalue weighted by molar-refractivity contribution is 5.90. The van der Waals surface area contributed by atoms with E-state index in [-0.39, 0.29) is 12.5 Å². The Bertz CT molecular complexity index is 837. The van der Waals surface area contributed by atoms with Crippen LogP contribution in [0.15, 0.2) is 17.1 Å². The maximum absolute atomic E-state index is 12.8. The van der Waals surface area contributed by atoms with E-state index in [9.17, 15) is 22.8 Å². The second-order valence-electron chi connectivity index (χ2n) is 5.56. The van der Waals surface area contributed by atoms with Gasteiger partial charge in [0.1, 0.15) is 12.2 Å². The number of hydrogen-bond acceptors (Lipinski definition) is 5. The molecule has 2 aromatic heterocycles. The zero-order chi connectivity index (χ0) is 17.5. The molecule has 0 aliphatic heterocycles. The summed E-state index contributed by atoms with van der Waals surface area (Å²) in [5.41, 5.74) is -2.24. The summed E-state index contributed by atoms with van der Waals surface area (Å²) in [5.74, 6) is 0.0847. The van der Waals surface area contributed by atoms with Gasteiger partial charge in [-0.15, -0.1) is 10.2 Å². The molecule has 0 saturated heterocycles. The highest BCUT2D eigenvalue weighted by Gasteiger charge is 2.32. The third kappa shape index (κ3) is 3.44. The first-order chi connectivity index (χ1) is 11.2. The van der Waals surface area contributed by atoms with E-state index in [0.29, 0.717) is 18.1 Å². The van der Waals surface area contributed by atoms with Crippen molar-refractivity contribution in [2.24, 2.45) is 7.05 Å². The molecule has 1 N–H and O–H groups in total. The molecule has 0 bridgehead atoms. The lowest BCUT2D eigenvalue weighted by atomic mass is 10.2. The fourth-order valence-corrected chi connectivity index (χ4v) is 2.10. The lowest BCUT2D eigenvalue weighted by molar-refractivity contribution is -0.138. The first-order valence-corrected chi connectivity index (χ1v) is 7.09. The summed E-state index contributed by atoms with van der Waals surface area (Å²) in [7, 11) is 1.17. The second-order valence-corrected chi connectivity index (χ2v) is 5.56. The van der Waals surface area contributed by atoms with Crippen LogP contribution in [-0.4, -0.2) is 30.7 Å². The third-order valence-corrected chi connectivity index (χ3v) is 3.48. The van der Waals surface area contributed by atoms with E-state index in [4.69, 9.17) is 0 Å². The Hall–Kier alpha value is -2.72. The molecule has 3 rings (SSSR count). The van der Waals surface area contributed by atoms with Crippen LogP contribution in [-0.2, 0) is 24.6 Å². The van der Waals surface area contributed by atoms with E-state index < -0.39 is 28.9 Å². The molecule has 1 aliphatic carbocycles. The van der Waals surface area contributed by atoms with Crippen LogP contribution in [0.1, 0.15) is 30.1 Å². The molecule has 8 nitrogen and oxygen atoms in total. The van der Waals surface area contributed by atoms with Crippen LogP contribution in [0.4, 0.5) is 18.9 Å². The molecule has 0 radical (unpaired) electrons. The molecule has 2 aromatic rings. The summed E-state index contributed by atoms with van der Waals surface area (Å²) < 4.78 is 39.1. The third-order valence-electron chi connectivity index (χ3n) is 3.48. The normalized spacial score (nSPS) is 14.7. The summed E-state index contributed by atoms with van der Waals surface area (Å²) in [6, 6.07) is 0.602. The Morgan fingerprint density at radius 2 is 2.12 bits per heavy atom. The number of amides is 1. The van der Waals surface area contributed by atoms with Gasteiger partial charge in [-0.05, 0) is 24.1 Å². The van der Waals surface area contributed by atoms with Crippen LogP contribution in [0.5, 0.6) is 0 Å². The van der Waals surface area contributed by atoms with Crippen molar-refractivity contribution in [3.05, 3.63) is 34.0 Å². The number of carbonyl (C=O) groups excluding carboxylic acids is 1. The number of tetrazole rings is 1. The number of aromatic nitrogens is 5. The molecule has 0 atom stereocenters. The van der Waals surface area contributed by atoms with Crippen LogP contribution in [0.2, 0.25) is 0 Å². The molecule has 0 spiro atoms. The minimum Gasteiger partial charge on any atom is -0.320 e. The van der Waals surface area contributed by atoms with Crippen molar-refractivity contribution in [3.63, 3.8) is 0 Å². The van der Waals surface area contributed by atoms with Gasteiger partial charge in [0.25, 0.3) is 5.56 Å². The summed E-state index contributed by atoms with van der Waals surface area (Å²) in [4.78, 5) is 24.8. The molecule has 2 heterocycles. The largest absolute Gasteiger partial charge is 0.417 e. The average molecular weight is 342 g/mol. The van der Waals surface area contributed by atoms with Crippen molar-refractivity contribution in [1.82, 2.24) is 24.8 Å². The van der Waals surface area contributed by atoms with Crippen LogP contribution < -0.4 is 10.9 Å². The average Bonchev–Trinajstić information content (AvgIpc) is 3.23. The fourth-order valence-electron chi connectivity index (χ4n) is 2.10. The smallest absolute Gasteiger partial charge is 0.320 e. The van der Waals surface area contributed by atoms with Crippen molar-refractivity contribution in [2.45, 2.75) is 31.5 Å². The molecule has 128 valence electrons. The molecule has 0 aromatic carbocycles. The van der Waals surface area contributed by atoms with E-state index in [1.54, 1.807) is 0 Å². The van der Waals surface area contributed by atoms with Crippen molar-refractivity contribution >= 4 is 11.6 Å². The van der Waals surface area contributed by atoms with Crippen LogP contribution in [0.3, 0.4) is 0 Å². The fraction of sp³-hybridized carbons (Fsp3) is 0.462. The number of hydrogen-bond donors (Lipinski definition) is 1. The number of rotatable bonds is 4. The number of anilines is 1. The van der Waals surface area contributed by atoms with Gasteiger partial charge in [-0.2, -0.15) is 18.0 Å². The Labute approximate surface area is 133 Å². The first kappa shape index (κ1) is 16.1. The molecular formula is C13H13F3N6O2. The van der Waals surface area contributed by atoms with E-state index in [1.807, 2.05) is 0 Å². The summed E-state index contributed by atoms with van der Waals surface area (Å²) in [6.07, 6.45) is -2.02. The summed E-state index contributed by atoms with van der Waals surface area (Å²) in [6.45, 7) is -0.348. The number of nitrogens with one attached hydrogen (secondary N) is 1. The van der Waals surface area contributed by atoms with E-state index in [1.165, 1.54) is 7.05 Å². The Morgan fingerprint density at radius 1 is 1.42 bits per heavy atom. The minimum atomic E-state index is -4.63. The molecule has 1 aliphatic rings. The van der Waals surface area contributed by atoms with Crippen molar-refractivity contribution < 1.29 is 18.0 Å². The lowest BCUT2D eigenvalue weighted by Gasteiger charge is -2.11. The quantitative estimate of drug-likeness (QED) is 0.891. The molecule has 1 fully saturated rings. The maximum Gasteiger partial charge on any atom is 0.417 e. The lowest BCUT2D eigenvalue weighted by Crippen LogP contribution is -2.28. The highest BCUT2D eigenvalue weighted by Crippen LogP contribution is 2.37. The molecule has 1 saturated carbocycles. The van der Waals surface area contributed by atoms with Gasteiger partial charge < -0.3 is 9.88 Å². The topological polar surface area (TPSA) is 94.7 Å². The van der Waals surface area contributed by atoms with Gasteiger partial charge in [0.05, 0.1) is 5.56 Å². The minimum absolute atomic E-state index is 0.262. The van der Waals surface area contributed by atoms with Gasteiger partial charge in [0, 0.05) is 19.2 Å². The molecular weight excluding hydrogens is 329 g/mol. The summed E-state index contributed by atoms with van der Waals surface area (Å²) in [5, 5.41) is 13.7. The standard InChI is InChI=1S/C13H13F3N6O2/c1-21-5-8(13(14,15)16)4-9(12(21)24)17-10(23)6-22-19-11(18-20-22)7-2-3-7/h4-5,7H,2-3,6H2,1H3,(H,17,23). The van der Waals surface area contributed by atoms with E-state index >= 15 is 0 Å². The Kier molecular flexibility index (Phi) is 3.85. The second kappa shape index (κ2) is 5.73. The van der Waals surface area contributed by atoms with E-state index in [0.717, 1.165) is 22.2 Å². The predicted octanol–water partition coefficient (Wildman–Crippen LogP) is 0.907. The number of nitrogens with zero attached hydrogens (tertiary/aromatic N) is 5. The van der Waals surface area contributed by atoms with Gasteiger partial charge >= 0.3 is 6.18 Å². The van der Waals surface area contributed by atoms with Crippen LogP contribution in [0.25, 0.3) is 0 Å². The Balaban J connectivity index is 1.75. The zero-order valence-corrected chi connectivity index (χ0v) is 12.5. The van der Waals surface area contributed by atoms with Gasteiger partial charge in [0.15, 0.2) is 5.82 Å². The number of pyridine rings is 1. The van der Waals surface area contributed by atoms with E-state index in [2.05, 4.69) is 20.7 Å². The number of halogens is 3. The first-order valence-electron chi connectivity index (χ1n) is 7.09. The molecule has 24 heavy (non-hydrogen) atoms. The van der Waals surface area contributed by atoms with Gasteiger partial charge in [0.2, 0.25) is 5.91 Å². The predicted molar refractivity (Wildman–Crippen MR) is 75.1 cm³/mol. The van der Waals surface area contributed by atoms with Crippen molar-refractivity contribution in [2.75, 3.05) is 5.32 Å². The highest BCUT2D eigenvalue weighted by atomic mass is 19.4. The zero-order valence-electron chi connectivity index (χ0n) is 12.5. The van der Waals surface area contributed by atoms with Gasteiger partial charge in [-0.25, -0.2) is 0 Å². The van der Waals surface area contributed by atoms with Crippen LogP contribution >= 0.6 is 0 Å². The van der Waals surface area contributed by atoms with Crippen LogP contribution in [0, 0.1) is 0 Å². The molecule has 1 amide bonds. The van der Waals surface area contributed by atoms with Gasteiger partial charge in [-0.3, -0.25) is 9.59 Å². The monoisotopic (exact) mass is 342 g/mol. The molecule has 11 heteroatoms. The number of aryl methyl sites for hydroxylation is 1. The maximum atomic E-state index is 12.8. The summed E-state index contributed by atoms with van der Waals surface area (Å²) >= 11 is 0. The molecule has 0 unspecified atom stereocenters. The Morgan fingerprint density at radius 3 is 2.75 bits per heavy atom. The van der Waals surface area contributed by atoms with Crippen molar-refractivity contribution in [3.8, 4) is 0 Å². The number of carbonyl (C=O) groups is 1. The SMILES string of the molecule is Cn1cc(C(F)(F)F)cc(NC(=O)Cn2nnc(C3CC3)n2)c1=O. The van der Waals surface area contributed by atoms with Crippen molar-refractivity contribution in [1.29, 1.82) is 0 Å². The van der Waals surface area contributed by atoms with Gasteiger partial charge in [-0.1, -0.05) is 0 Å².